The van der Waals surface area contributed by atoms with E-state index < -0.39 is 6.04 Å². The Kier molecular flexibility index (Phi) is 11.7. The van der Waals surface area contributed by atoms with Gasteiger partial charge in [-0.1, -0.05) is 79.3 Å². The van der Waals surface area contributed by atoms with Gasteiger partial charge in [-0.05, 0) is 47.7 Å². The third-order valence-electron chi connectivity index (χ3n) is 4.96. The van der Waals surface area contributed by atoms with E-state index in [1.54, 1.807) is 41.3 Å². The first-order valence-corrected chi connectivity index (χ1v) is 13.3. The number of benzene rings is 2. The molecule has 1 atom stereocenters. The summed E-state index contributed by atoms with van der Waals surface area (Å²) in [4.78, 5) is 27.8. The van der Waals surface area contributed by atoms with E-state index in [2.05, 4.69) is 5.32 Å². The molecule has 0 aliphatic heterocycles. The zero-order valence-corrected chi connectivity index (χ0v) is 22.7. The minimum absolute atomic E-state index is 0.166. The van der Waals surface area contributed by atoms with E-state index in [0.717, 1.165) is 11.1 Å². The second-order valence-corrected chi connectivity index (χ2v) is 10.7. The van der Waals surface area contributed by atoms with E-state index in [0.29, 0.717) is 44.7 Å². The molecule has 0 spiro atoms. The van der Waals surface area contributed by atoms with E-state index >= 15 is 0 Å². The smallest absolute Gasteiger partial charge is 0.242 e. The van der Waals surface area contributed by atoms with Gasteiger partial charge in [0.25, 0.3) is 0 Å². The zero-order chi connectivity index (χ0) is 24.5. The Hall–Kier alpha value is -1.11. The average molecular weight is 550 g/mol. The maximum absolute atomic E-state index is 13.3. The molecule has 0 radical (unpaired) electrons. The van der Waals surface area contributed by atoms with Crippen LogP contribution in [0, 0.1) is 5.92 Å². The summed E-state index contributed by atoms with van der Waals surface area (Å²) in [5.74, 6) is 0.610. The fourth-order valence-electron chi connectivity index (χ4n) is 3.17. The van der Waals surface area contributed by atoms with E-state index in [-0.39, 0.29) is 24.1 Å². The number of hydrogen-bond donors (Lipinski definition) is 1. The highest BCUT2D eigenvalue weighted by molar-refractivity contribution is 7.99. The topological polar surface area (TPSA) is 49.4 Å². The standard InChI is InChI=1S/C24H28Cl4N2O2S/c1-4-22(24(32)29-11-15(2)3)30(12-16-8-9-17(25)10-21(16)28)23(31)14-33-13-18-19(26)6-5-7-20(18)27/h5-10,15,22H,4,11-14H2,1-3H3,(H,29,32)/t22-/m0/s1. The van der Waals surface area contributed by atoms with Gasteiger partial charge >= 0.3 is 0 Å². The maximum atomic E-state index is 13.3. The molecule has 0 aliphatic carbocycles. The third kappa shape index (κ3) is 8.56. The van der Waals surface area contributed by atoms with Crippen LogP contribution in [0.4, 0.5) is 0 Å². The number of thioether (sulfide) groups is 1. The van der Waals surface area contributed by atoms with Crippen molar-refractivity contribution in [3.05, 3.63) is 67.6 Å². The molecule has 2 rings (SSSR count). The van der Waals surface area contributed by atoms with Gasteiger partial charge in [-0.15, -0.1) is 11.8 Å². The van der Waals surface area contributed by atoms with Crippen molar-refractivity contribution in [1.29, 1.82) is 0 Å². The van der Waals surface area contributed by atoms with Gasteiger partial charge in [0.2, 0.25) is 11.8 Å². The molecular formula is C24H28Cl4N2O2S. The maximum Gasteiger partial charge on any atom is 0.242 e. The fraction of sp³-hybridized carbons (Fsp3) is 0.417. The molecule has 2 aromatic rings. The number of nitrogens with one attached hydrogen (secondary N) is 1. The number of halogens is 4. The van der Waals surface area contributed by atoms with Crippen molar-refractivity contribution < 1.29 is 9.59 Å². The molecule has 180 valence electrons. The van der Waals surface area contributed by atoms with Crippen LogP contribution in [0.25, 0.3) is 0 Å². The van der Waals surface area contributed by atoms with Crippen LogP contribution in [0.15, 0.2) is 36.4 Å². The van der Waals surface area contributed by atoms with E-state index in [4.69, 9.17) is 46.4 Å². The number of amides is 2. The molecule has 0 aliphatic rings. The summed E-state index contributed by atoms with van der Waals surface area (Å²) in [5, 5.41) is 5.03. The molecule has 0 fully saturated rings. The van der Waals surface area contributed by atoms with Gasteiger partial charge in [-0.3, -0.25) is 9.59 Å². The number of carbonyl (C=O) groups excluding carboxylic acids is 2. The SMILES string of the molecule is CC[C@@H](C(=O)NCC(C)C)N(Cc1ccc(Cl)cc1Cl)C(=O)CSCc1c(Cl)cccc1Cl. The summed E-state index contributed by atoms with van der Waals surface area (Å²) in [5.41, 5.74) is 1.51. The molecule has 0 bridgehead atoms. The lowest BCUT2D eigenvalue weighted by Gasteiger charge is -2.31. The van der Waals surface area contributed by atoms with Crippen molar-refractivity contribution in [2.24, 2.45) is 5.92 Å². The Morgan fingerprint density at radius 3 is 2.27 bits per heavy atom. The first kappa shape index (κ1) is 28.1. The van der Waals surface area contributed by atoms with Crippen LogP contribution in [0.2, 0.25) is 20.1 Å². The lowest BCUT2D eigenvalue weighted by atomic mass is 10.1. The van der Waals surface area contributed by atoms with Crippen molar-refractivity contribution in [1.82, 2.24) is 10.2 Å². The molecule has 1 N–H and O–H groups in total. The highest BCUT2D eigenvalue weighted by Crippen LogP contribution is 2.29. The van der Waals surface area contributed by atoms with Crippen LogP contribution >= 0.6 is 58.2 Å². The normalized spacial score (nSPS) is 12.0. The Morgan fingerprint density at radius 1 is 1.03 bits per heavy atom. The molecular weight excluding hydrogens is 522 g/mol. The minimum Gasteiger partial charge on any atom is -0.354 e. The molecule has 0 saturated carbocycles. The highest BCUT2D eigenvalue weighted by atomic mass is 35.5. The number of carbonyl (C=O) groups is 2. The van der Waals surface area contributed by atoms with Crippen molar-refractivity contribution in [2.45, 2.75) is 45.5 Å². The summed E-state index contributed by atoms with van der Waals surface area (Å²) in [7, 11) is 0. The summed E-state index contributed by atoms with van der Waals surface area (Å²) < 4.78 is 0. The first-order valence-electron chi connectivity index (χ1n) is 10.7. The molecule has 0 saturated heterocycles. The fourth-order valence-corrected chi connectivity index (χ4v) is 5.28. The van der Waals surface area contributed by atoms with Crippen LogP contribution in [-0.2, 0) is 21.9 Å². The monoisotopic (exact) mass is 548 g/mol. The largest absolute Gasteiger partial charge is 0.354 e. The Bertz CT molecular complexity index is 951. The van der Waals surface area contributed by atoms with Gasteiger partial charge in [0.05, 0.1) is 5.75 Å². The third-order valence-corrected chi connectivity index (χ3v) is 7.20. The molecule has 2 amide bonds. The van der Waals surface area contributed by atoms with Crippen molar-refractivity contribution in [3.63, 3.8) is 0 Å². The molecule has 0 heterocycles. The van der Waals surface area contributed by atoms with Crippen LogP contribution in [0.1, 0.15) is 38.3 Å². The van der Waals surface area contributed by atoms with E-state index in [9.17, 15) is 9.59 Å². The van der Waals surface area contributed by atoms with E-state index in [1.165, 1.54) is 11.8 Å². The predicted molar refractivity (Wildman–Crippen MR) is 142 cm³/mol. The van der Waals surface area contributed by atoms with Crippen molar-refractivity contribution in [3.8, 4) is 0 Å². The zero-order valence-electron chi connectivity index (χ0n) is 18.8. The minimum atomic E-state index is -0.618. The predicted octanol–water partition coefficient (Wildman–Crippen LogP) is 7.11. The van der Waals surface area contributed by atoms with E-state index in [1.807, 2.05) is 20.8 Å². The van der Waals surface area contributed by atoms with Crippen molar-refractivity contribution in [2.75, 3.05) is 12.3 Å². The Morgan fingerprint density at radius 2 is 1.70 bits per heavy atom. The second kappa shape index (κ2) is 13.7. The molecule has 2 aromatic carbocycles. The van der Waals surface area contributed by atoms with Gasteiger partial charge in [0.1, 0.15) is 6.04 Å². The average Bonchev–Trinajstić information content (AvgIpc) is 2.75. The summed E-state index contributed by atoms with van der Waals surface area (Å²) in [6.45, 7) is 6.68. The molecule has 4 nitrogen and oxygen atoms in total. The molecule has 0 aromatic heterocycles. The number of nitrogens with zero attached hydrogens (tertiary/aromatic N) is 1. The quantitative estimate of drug-likeness (QED) is 0.325. The Balaban J connectivity index is 2.20. The van der Waals surface area contributed by atoms with Gasteiger partial charge in [0.15, 0.2) is 0 Å². The van der Waals surface area contributed by atoms with Crippen LogP contribution < -0.4 is 5.32 Å². The number of hydrogen-bond acceptors (Lipinski definition) is 3. The molecule has 33 heavy (non-hydrogen) atoms. The van der Waals surface area contributed by atoms with Gasteiger partial charge in [0, 0.05) is 38.9 Å². The summed E-state index contributed by atoms with van der Waals surface area (Å²) >= 11 is 26.3. The molecule has 0 unspecified atom stereocenters. The summed E-state index contributed by atoms with van der Waals surface area (Å²) in [6, 6.07) is 9.84. The van der Waals surface area contributed by atoms with Crippen molar-refractivity contribution >= 4 is 70.0 Å². The van der Waals surface area contributed by atoms with Crippen LogP contribution in [0.5, 0.6) is 0 Å². The number of rotatable bonds is 11. The lowest BCUT2D eigenvalue weighted by Crippen LogP contribution is -2.50. The van der Waals surface area contributed by atoms with Gasteiger partial charge in [-0.25, -0.2) is 0 Å². The van der Waals surface area contributed by atoms with Gasteiger partial charge < -0.3 is 10.2 Å². The Labute approximate surface area is 220 Å². The first-order chi connectivity index (χ1) is 15.6. The summed E-state index contributed by atoms with van der Waals surface area (Å²) in [6.07, 6.45) is 0.474. The molecule has 9 heteroatoms. The second-order valence-electron chi connectivity index (χ2n) is 8.01. The van der Waals surface area contributed by atoms with Crippen LogP contribution in [-0.4, -0.2) is 35.1 Å². The van der Waals surface area contributed by atoms with Gasteiger partial charge in [-0.2, -0.15) is 0 Å². The van der Waals surface area contributed by atoms with Crippen LogP contribution in [0.3, 0.4) is 0 Å². The lowest BCUT2D eigenvalue weighted by molar-refractivity contribution is -0.139. The highest BCUT2D eigenvalue weighted by Gasteiger charge is 2.29.